The summed E-state index contributed by atoms with van der Waals surface area (Å²) in [6.07, 6.45) is 5.22. The highest BCUT2D eigenvalue weighted by molar-refractivity contribution is 5.99. The summed E-state index contributed by atoms with van der Waals surface area (Å²) in [5, 5.41) is 0. The van der Waals surface area contributed by atoms with Crippen molar-refractivity contribution in [2.24, 2.45) is 0 Å². The lowest BCUT2D eigenvalue weighted by Crippen LogP contribution is -2.31. The van der Waals surface area contributed by atoms with Crippen molar-refractivity contribution in [3.63, 3.8) is 0 Å². The summed E-state index contributed by atoms with van der Waals surface area (Å²) in [6.45, 7) is 2.68. The topological polar surface area (TPSA) is 55.6 Å². The molecule has 1 aromatic rings. The molecule has 1 amide bonds. The molecule has 0 saturated heterocycles. The maximum Gasteiger partial charge on any atom is 0.256 e. The normalized spacial score (nSPS) is 9.47. The van der Waals surface area contributed by atoms with Crippen LogP contribution in [0.25, 0.3) is 0 Å². The summed E-state index contributed by atoms with van der Waals surface area (Å²) in [7, 11) is 1.54. The van der Waals surface area contributed by atoms with Crippen LogP contribution >= 0.6 is 0 Å². The van der Waals surface area contributed by atoms with Crippen LogP contribution in [0.5, 0.6) is 5.75 Å². The van der Waals surface area contributed by atoms with Gasteiger partial charge in [-0.2, -0.15) is 0 Å². The van der Waals surface area contributed by atoms with Crippen molar-refractivity contribution in [2.75, 3.05) is 25.9 Å². The molecule has 0 aromatic heterocycles. The molecular weight excluding hydrogens is 216 g/mol. The van der Waals surface area contributed by atoms with Crippen LogP contribution in [0.4, 0.5) is 5.69 Å². The lowest BCUT2D eigenvalue weighted by molar-refractivity contribution is 0.0785. The number of nitrogens with zero attached hydrogens (tertiary/aromatic N) is 1. The van der Waals surface area contributed by atoms with Gasteiger partial charge in [0, 0.05) is 12.2 Å². The van der Waals surface area contributed by atoms with Gasteiger partial charge in [0.15, 0.2) is 0 Å². The van der Waals surface area contributed by atoms with E-state index in [1.54, 1.807) is 30.2 Å². The number of hydrogen-bond acceptors (Lipinski definition) is 3. The fourth-order valence-corrected chi connectivity index (χ4v) is 1.46. The Labute approximate surface area is 101 Å². The van der Waals surface area contributed by atoms with Crippen molar-refractivity contribution in [1.29, 1.82) is 0 Å². The van der Waals surface area contributed by atoms with E-state index in [0.29, 0.717) is 23.5 Å². The molecule has 0 radical (unpaired) electrons. The molecule has 0 aliphatic carbocycles. The summed E-state index contributed by atoms with van der Waals surface area (Å²) in [5.41, 5.74) is 6.62. The van der Waals surface area contributed by atoms with E-state index in [1.807, 2.05) is 6.92 Å². The number of rotatable bonds is 4. The fraction of sp³-hybridized carbons (Fsp3) is 0.308. The van der Waals surface area contributed by atoms with Crippen molar-refractivity contribution in [3.05, 3.63) is 23.8 Å². The molecule has 0 spiro atoms. The van der Waals surface area contributed by atoms with Crippen molar-refractivity contribution in [2.45, 2.75) is 6.92 Å². The Bertz CT molecular complexity index is 449. The molecule has 1 rings (SSSR count). The van der Waals surface area contributed by atoms with Gasteiger partial charge >= 0.3 is 0 Å². The minimum absolute atomic E-state index is 0.179. The largest absolute Gasteiger partial charge is 0.497 e. The molecule has 90 valence electrons. The SMILES string of the molecule is C#CCN(CC)C(=O)c1cc(OC)ccc1N. The summed E-state index contributed by atoms with van der Waals surface area (Å²) in [6, 6.07) is 4.98. The molecule has 0 aliphatic heterocycles. The van der Waals surface area contributed by atoms with Crippen LogP contribution in [0.2, 0.25) is 0 Å². The zero-order valence-electron chi connectivity index (χ0n) is 10.1. The standard InChI is InChI=1S/C13H16N2O2/c1-4-8-15(5-2)13(16)11-9-10(17-3)6-7-12(11)14/h1,6-7,9H,5,8,14H2,2-3H3. The third-order valence-corrected chi connectivity index (χ3v) is 2.44. The second-order valence-corrected chi connectivity index (χ2v) is 3.48. The molecule has 0 saturated carbocycles. The number of amides is 1. The minimum Gasteiger partial charge on any atom is -0.497 e. The number of benzene rings is 1. The molecule has 17 heavy (non-hydrogen) atoms. The molecule has 0 bridgehead atoms. The fourth-order valence-electron chi connectivity index (χ4n) is 1.46. The Kier molecular flexibility index (Phi) is 4.41. The van der Waals surface area contributed by atoms with Gasteiger partial charge in [0.1, 0.15) is 5.75 Å². The van der Waals surface area contributed by atoms with Crippen molar-refractivity contribution < 1.29 is 9.53 Å². The van der Waals surface area contributed by atoms with E-state index in [-0.39, 0.29) is 12.5 Å². The summed E-state index contributed by atoms with van der Waals surface area (Å²) >= 11 is 0. The van der Waals surface area contributed by atoms with Gasteiger partial charge in [0.25, 0.3) is 5.91 Å². The van der Waals surface area contributed by atoms with E-state index < -0.39 is 0 Å². The number of ether oxygens (including phenoxy) is 1. The van der Waals surface area contributed by atoms with Gasteiger partial charge in [-0.1, -0.05) is 5.92 Å². The zero-order chi connectivity index (χ0) is 12.8. The van der Waals surface area contributed by atoms with Crippen LogP contribution < -0.4 is 10.5 Å². The molecule has 2 N–H and O–H groups in total. The monoisotopic (exact) mass is 232 g/mol. The third kappa shape index (κ3) is 2.91. The summed E-state index contributed by atoms with van der Waals surface area (Å²) < 4.78 is 5.07. The van der Waals surface area contributed by atoms with Crippen LogP contribution in [0.1, 0.15) is 17.3 Å². The molecule has 0 heterocycles. The Hall–Kier alpha value is -2.15. The zero-order valence-corrected chi connectivity index (χ0v) is 10.1. The first-order valence-electron chi connectivity index (χ1n) is 5.30. The average Bonchev–Trinajstić information content (AvgIpc) is 2.35. The van der Waals surface area contributed by atoms with Gasteiger partial charge in [-0.05, 0) is 25.1 Å². The smallest absolute Gasteiger partial charge is 0.256 e. The Morgan fingerprint density at radius 1 is 1.59 bits per heavy atom. The number of carbonyl (C=O) groups excluding carboxylic acids is 1. The van der Waals surface area contributed by atoms with Gasteiger partial charge in [-0.15, -0.1) is 6.42 Å². The molecule has 0 aliphatic rings. The Balaban J connectivity index is 3.06. The number of nitrogen functional groups attached to an aromatic ring is 1. The van der Waals surface area contributed by atoms with E-state index in [1.165, 1.54) is 0 Å². The predicted octanol–water partition coefficient (Wildman–Crippen LogP) is 1.37. The predicted molar refractivity (Wildman–Crippen MR) is 67.8 cm³/mol. The van der Waals surface area contributed by atoms with Crippen LogP contribution in [0.3, 0.4) is 0 Å². The lowest BCUT2D eigenvalue weighted by Gasteiger charge is -2.19. The third-order valence-electron chi connectivity index (χ3n) is 2.44. The van der Waals surface area contributed by atoms with Crippen molar-refractivity contribution >= 4 is 11.6 Å². The van der Waals surface area contributed by atoms with Crippen LogP contribution in [-0.4, -0.2) is 31.0 Å². The first-order chi connectivity index (χ1) is 8.13. The number of hydrogen-bond donors (Lipinski definition) is 1. The highest BCUT2D eigenvalue weighted by Crippen LogP contribution is 2.20. The number of carbonyl (C=O) groups is 1. The minimum atomic E-state index is -0.179. The van der Waals surface area contributed by atoms with E-state index in [4.69, 9.17) is 16.9 Å². The first-order valence-corrected chi connectivity index (χ1v) is 5.30. The quantitative estimate of drug-likeness (QED) is 0.630. The van der Waals surface area contributed by atoms with Crippen molar-refractivity contribution in [1.82, 2.24) is 4.90 Å². The number of nitrogens with two attached hydrogens (primary N) is 1. The summed E-state index contributed by atoms with van der Waals surface area (Å²) in [4.78, 5) is 13.7. The first kappa shape index (κ1) is 12.9. The number of anilines is 1. The van der Waals surface area contributed by atoms with E-state index in [9.17, 15) is 4.79 Å². The maximum absolute atomic E-state index is 12.1. The van der Waals surface area contributed by atoms with Crippen LogP contribution in [0, 0.1) is 12.3 Å². The van der Waals surface area contributed by atoms with E-state index in [0.717, 1.165) is 0 Å². The molecule has 0 fully saturated rings. The van der Waals surface area contributed by atoms with Gasteiger partial charge in [0.2, 0.25) is 0 Å². The average molecular weight is 232 g/mol. The van der Waals surface area contributed by atoms with Gasteiger partial charge < -0.3 is 15.4 Å². The second kappa shape index (κ2) is 5.80. The van der Waals surface area contributed by atoms with Gasteiger partial charge in [0.05, 0.1) is 19.2 Å². The van der Waals surface area contributed by atoms with Crippen LogP contribution in [0.15, 0.2) is 18.2 Å². The molecule has 4 nitrogen and oxygen atoms in total. The van der Waals surface area contributed by atoms with E-state index in [2.05, 4.69) is 5.92 Å². The molecule has 4 heteroatoms. The molecule has 0 atom stereocenters. The van der Waals surface area contributed by atoms with Crippen molar-refractivity contribution in [3.8, 4) is 18.1 Å². The molecular formula is C13H16N2O2. The van der Waals surface area contributed by atoms with Crippen LogP contribution in [-0.2, 0) is 0 Å². The summed E-state index contributed by atoms with van der Waals surface area (Å²) in [5.74, 6) is 2.87. The second-order valence-electron chi connectivity index (χ2n) is 3.48. The van der Waals surface area contributed by atoms with Gasteiger partial charge in [-0.25, -0.2) is 0 Å². The van der Waals surface area contributed by atoms with E-state index >= 15 is 0 Å². The lowest BCUT2D eigenvalue weighted by atomic mass is 10.1. The Morgan fingerprint density at radius 2 is 2.29 bits per heavy atom. The highest BCUT2D eigenvalue weighted by Gasteiger charge is 2.16. The molecule has 0 unspecified atom stereocenters. The van der Waals surface area contributed by atoms with Gasteiger partial charge in [-0.3, -0.25) is 4.79 Å². The number of terminal acetylenes is 1. The highest BCUT2D eigenvalue weighted by atomic mass is 16.5. The Morgan fingerprint density at radius 3 is 2.82 bits per heavy atom. The number of methoxy groups -OCH3 is 1. The molecule has 1 aromatic carbocycles. The maximum atomic E-state index is 12.1.